The first-order chi connectivity index (χ1) is 8.81. The number of nitrogens with zero attached hydrogens (tertiary/aromatic N) is 2. The van der Waals surface area contributed by atoms with Crippen molar-refractivity contribution in [2.75, 3.05) is 0 Å². The Balaban J connectivity index is 1.79. The van der Waals surface area contributed by atoms with Gasteiger partial charge in [-0.25, -0.2) is 4.79 Å². The van der Waals surface area contributed by atoms with Gasteiger partial charge in [0, 0.05) is 25.5 Å². The summed E-state index contributed by atoms with van der Waals surface area (Å²) in [5.74, 6) is 0. The molecule has 0 aliphatic rings. The largest absolute Gasteiger partial charge is 0.328 e. The van der Waals surface area contributed by atoms with E-state index in [0.29, 0.717) is 0 Å². The van der Waals surface area contributed by atoms with E-state index in [0.717, 1.165) is 32.4 Å². The molecule has 0 unspecified atom stereocenters. The lowest BCUT2D eigenvalue weighted by molar-refractivity contribution is 0.575. The SMILES string of the molecule is CCn1ccn(CCCCc2ccccc2)c1=O. The molecule has 2 aromatic rings. The highest BCUT2D eigenvalue weighted by Gasteiger charge is 2.00. The van der Waals surface area contributed by atoms with Crippen molar-refractivity contribution in [3.8, 4) is 0 Å². The van der Waals surface area contributed by atoms with Gasteiger partial charge < -0.3 is 0 Å². The Kier molecular flexibility index (Phi) is 4.40. The number of imidazole rings is 1. The van der Waals surface area contributed by atoms with E-state index in [4.69, 9.17) is 0 Å². The summed E-state index contributed by atoms with van der Waals surface area (Å²) in [5, 5.41) is 0. The number of rotatable bonds is 6. The summed E-state index contributed by atoms with van der Waals surface area (Å²) in [6.07, 6.45) is 6.99. The molecule has 96 valence electrons. The first kappa shape index (κ1) is 12.7. The van der Waals surface area contributed by atoms with Crippen molar-refractivity contribution >= 4 is 0 Å². The van der Waals surface area contributed by atoms with Crippen LogP contribution in [0.15, 0.2) is 47.5 Å². The maximum Gasteiger partial charge on any atom is 0.328 e. The standard InChI is InChI=1S/C15H20N2O/c1-2-16-12-13-17(15(16)18)11-7-6-10-14-8-4-3-5-9-14/h3-5,8-9,12-13H,2,6-7,10-11H2,1H3. The van der Waals surface area contributed by atoms with Crippen LogP contribution in [0.5, 0.6) is 0 Å². The fourth-order valence-corrected chi connectivity index (χ4v) is 2.12. The molecular weight excluding hydrogens is 224 g/mol. The summed E-state index contributed by atoms with van der Waals surface area (Å²) in [7, 11) is 0. The van der Waals surface area contributed by atoms with Crippen molar-refractivity contribution in [1.29, 1.82) is 0 Å². The van der Waals surface area contributed by atoms with Gasteiger partial charge in [-0.05, 0) is 31.7 Å². The molecule has 0 saturated heterocycles. The normalized spacial score (nSPS) is 10.7. The van der Waals surface area contributed by atoms with Gasteiger partial charge >= 0.3 is 5.69 Å². The van der Waals surface area contributed by atoms with Gasteiger partial charge in [-0.15, -0.1) is 0 Å². The zero-order valence-corrected chi connectivity index (χ0v) is 10.9. The fourth-order valence-electron chi connectivity index (χ4n) is 2.12. The van der Waals surface area contributed by atoms with Crippen molar-refractivity contribution in [2.45, 2.75) is 39.3 Å². The highest BCUT2D eigenvalue weighted by Crippen LogP contribution is 2.05. The minimum Gasteiger partial charge on any atom is -0.300 e. The molecule has 3 nitrogen and oxygen atoms in total. The lowest BCUT2D eigenvalue weighted by Crippen LogP contribution is -2.23. The summed E-state index contributed by atoms with van der Waals surface area (Å²) in [4.78, 5) is 11.8. The molecule has 0 saturated carbocycles. The van der Waals surface area contributed by atoms with Gasteiger partial charge in [0.15, 0.2) is 0 Å². The minimum absolute atomic E-state index is 0.109. The van der Waals surface area contributed by atoms with Crippen LogP contribution in [0.25, 0.3) is 0 Å². The third-order valence-corrected chi connectivity index (χ3v) is 3.22. The molecule has 0 spiro atoms. The average molecular weight is 244 g/mol. The van der Waals surface area contributed by atoms with Crippen LogP contribution in [0.2, 0.25) is 0 Å². The quantitative estimate of drug-likeness (QED) is 0.718. The van der Waals surface area contributed by atoms with Crippen LogP contribution in [-0.4, -0.2) is 9.13 Å². The average Bonchev–Trinajstić information content (AvgIpc) is 2.77. The Bertz CT molecular complexity index is 525. The fraction of sp³-hybridized carbons (Fsp3) is 0.400. The van der Waals surface area contributed by atoms with Crippen molar-refractivity contribution < 1.29 is 0 Å². The summed E-state index contributed by atoms with van der Waals surface area (Å²) in [6, 6.07) is 10.5. The van der Waals surface area contributed by atoms with Crippen LogP contribution in [-0.2, 0) is 19.5 Å². The molecule has 0 N–H and O–H groups in total. The first-order valence-electron chi connectivity index (χ1n) is 6.60. The van der Waals surface area contributed by atoms with E-state index >= 15 is 0 Å². The summed E-state index contributed by atoms with van der Waals surface area (Å²) >= 11 is 0. The van der Waals surface area contributed by atoms with Crippen molar-refractivity contribution in [2.24, 2.45) is 0 Å². The molecule has 3 heteroatoms. The molecule has 18 heavy (non-hydrogen) atoms. The van der Waals surface area contributed by atoms with E-state index in [1.54, 1.807) is 9.13 Å². The number of benzene rings is 1. The molecule has 0 amide bonds. The molecular formula is C15H20N2O. The highest BCUT2D eigenvalue weighted by molar-refractivity contribution is 5.14. The van der Waals surface area contributed by atoms with Crippen LogP contribution < -0.4 is 5.69 Å². The second-order valence-corrected chi connectivity index (χ2v) is 4.50. The summed E-state index contributed by atoms with van der Waals surface area (Å²) < 4.78 is 3.53. The smallest absolute Gasteiger partial charge is 0.300 e. The van der Waals surface area contributed by atoms with Gasteiger partial charge in [0.25, 0.3) is 0 Å². The predicted molar refractivity (Wildman–Crippen MR) is 73.7 cm³/mol. The molecule has 0 atom stereocenters. The molecule has 0 radical (unpaired) electrons. The van der Waals surface area contributed by atoms with Gasteiger partial charge in [-0.2, -0.15) is 0 Å². The van der Waals surface area contributed by atoms with Gasteiger partial charge in [0.05, 0.1) is 0 Å². The van der Waals surface area contributed by atoms with Crippen molar-refractivity contribution in [1.82, 2.24) is 9.13 Å². The Morgan fingerprint density at radius 1 is 1.00 bits per heavy atom. The summed E-state index contributed by atoms with van der Waals surface area (Å²) in [6.45, 7) is 3.55. The van der Waals surface area contributed by atoms with Crippen molar-refractivity contribution in [3.63, 3.8) is 0 Å². The third-order valence-electron chi connectivity index (χ3n) is 3.22. The zero-order valence-electron chi connectivity index (χ0n) is 10.9. The second-order valence-electron chi connectivity index (χ2n) is 4.50. The minimum atomic E-state index is 0.109. The maximum absolute atomic E-state index is 11.8. The van der Waals surface area contributed by atoms with Gasteiger partial charge in [-0.3, -0.25) is 9.13 Å². The van der Waals surface area contributed by atoms with Gasteiger partial charge in [0.1, 0.15) is 0 Å². The van der Waals surface area contributed by atoms with E-state index in [9.17, 15) is 4.79 Å². The Hall–Kier alpha value is -1.77. The monoisotopic (exact) mass is 244 g/mol. The van der Waals surface area contributed by atoms with E-state index in [1.807, 2.05) is 25.4 Å². The Morgan fingerprint density at radius 2 is 1.72 bits per heavy atom. The lowest BCUT2D eigenvalue weighted by atomic mass is 10.1. The molecule has 0 aliphatic heterocycles. The molecule has 1 heterocycles. The van der Waals surface area contributed by atoms with Crippen LogP contribution in [0.3, 0.4) is 0 Å². The number of hydrogen-bond donors (Lipinski definition) is 0. The molecule has 2 rings (SSSR count). The molecule has 0 bridgehead atoms. The lowest BCUT2D eigenvalue weighted by Gasteiger charge is -2.02. The van der Waals surface area contributed by atoms with Crippen LogP contribution in [0.1, 0.15) is 25.3 Å². The second kappa shape index (κ2) is 6.24. The predicted octanol–water partition coefficient (Wildman–Crippen LogP) is 2.69. The highest BCUT2D eigenvalue weighted by atomic mass is 16.1. The van der Waals surface area contributed by atoms with Crippen LogP contribution in [0, 0.1) is 0 Å². The van der Waals surface area contributed by atoms with Gasteiger partial charge in [0.2, 0.25) is 0 Å². The van der Waals surface area contributed by atoms with Gasteiger partial charge in [-0.1, -0.05) is 30.3 Å². The molecule has 0 aliphatic carbocycles. The number of unbranched alkanes of at least 4 members (excludes halogenated alkanes) is 1. The van der Waals surface area contributed by atoms with E-state index in [-0.39, 0.29) is 5.69 Å². The maximum atomic E-state index is 11.8. The summed E-state index contributed by atoms with van der Waals surface area (Å²) in [5.41, 5.74) is 1.48. The Labute approximate surface area is 108 Å². The van der Waals surface area contributed by atoms with Crippen LogP contribution >= 0.6 is 0 Å². The molecule has 1 aromatic carbocycles. The zero-order chi connectivity index (χ0) is 12.8. The van der Waals surface area contributed by atoms with E-state index in [1.165, 1.54) is 5.56 Å². The number of aromatic nitrogens is 2. The third kappa shape index (κ3) is 3.13. The van der Waals surface area contributed by atoms with E-state index < -0.39 is 0 Å². The topological polar surface area (TPSA) is 26.9 Å². The first-order valence-corrected chi connectivity index (χ1v) is 6.60. The molecule has 1 aromatic heterocycles. The number of hydrogen-bond acceptors (Lipinski definition) is 1. The Morgan fingerprint density at radius 3 is 2.39 bits per heavy atom. The number of aryl methyl sites for hydroxylation is 3. The molecule has 0 fully saturated rings. The van der Waals surface area contributed by atoms with Crippen molar-refractivity contribution in [3.05, 3.63) is 58.8 Å². The van der Waals surface area contributed by atoms with Crippen LogP contribution in [0.4, 0.5) is 0 Å². The van der Waals surface area contributed by atoms with E-state index in [2.05, 4.69) is 24.3 Å².